The Balaban J connectivity index is 1.27. The highest BCUT2D eigenvalue weighted by Gasteiger charge is 2.38. The quantitative estimate of drug-likeness (QED) is 0.422. The van der Waals surface area contributed by atoms with E-state index < -0.39 is 5.54 Å². The largest absolute Gasteiger partial charge is 0.370 e. The second-order valence-electron chi connectivity index (χ2n) is 8.72. The number of nitrogens with zero attached hydrogens (tertiary/aromatic N) is 4. The van der Waals surface area contributed by atoms with E-state index in [0.717, 1.165) is 36.0 Å². The van der Waals surface area contributed by atoms with Gasteiger partial charge in [-0.15, -0.1) is 11.3 Å². The van der Waals surface area contributed by atoms with Crippen molar-refractivity contribution in [3.8, 4) is 0 Å². The maximum absolute atomic E-state index is 13.1. The van der Waals surface area contributed by atoms with Gasteiger partial charge in [-0.25, -0.2) is 4.98 Å². The number of H-pyrrole nitrogens is 1. The number of piperidine rings is 1. The topological polar surface area (TPSA) is 132 Å². The van der Waals surface area contributed by atoms with Gasteiger partial charge in [-0.1, -0.05) is 12.1 Å². The summed E-state index contributed by atoms with van der Waals surface area (Å²) in [5.41, 5.74) is 9.33. The zero-order valence-corrected chi connectivity index (χ0v) is 19.8. The van der Waals surface area contributed by atoms with E-state index in [0.29, 0.717) is 31.6 Å². The predicted octanol–water partition coefficient (Wildman–Crippen LogP) is 1.72. The first-order valence-electron chi connectivity index (χ1n) is 11.3. The summed E-state index contributed by atoms with van der Waals surface area (Å²) in [5, 5.41) is 15.9. The monoisotopic (exact) mass is 480 g/mol. The molecule has 0 bridgehead atoms. The highest BCUT2D eigenvalue weighted by atomic mass is 32.1. The van der Waals surface area contributed by atoms with Crippen LogP contribution < -0.4 is 26.2 Å². The van der Waals surface area contributed by atoms with Crippen molar-refractivity contribution in [2.45, 2.75) is 31.3 Å². The summed E-state index contributed by atoms with van der Waals surface area (Å²) in [6, 6.07) is 7.71. The average Bonchev–Trinajstić information content (AvgIpc) is 3.54. The van der Waals surface area contributed by atoms with Crippen LogP contribution in [-0.2, 0) is 17.8 Å². The van der Waals surface area contributed by atoms with Gasteiger partial charge in [0.1, 0.15) is 11.2 Å². The van der Waals surface area contributed by atoms with Crippen molar-refractivity contribution in [1.82, 2.24) is 20.5 Å². The van der Waals surface area contributed by atoms with Crippen LogP contribution in [0.2, 0.25) is 0 Å². The van der Waals surface area contributed by atoms with Crippen molar-refractivity contribution < 1.29 is 9.59 Å². The lowest BCUT2D eigenvalue weighted by molar-refractivity contribution is -0.125. The van der Waals surface area contributed by atoms with Gasteiger partial charge in [0.25, 0.3) is 5.91 Å². The van der Waals surface area contributed by atoms with E-state index in [-0.39, 0.29) is 11.8 Å². The smallest absolute Gasteiger partial charge is 0.275 e. The van der Waals surface area contributed by atoms with Crippen LogP contribution >= 0.6 is 11.3 Å². The number of hydrogen-bond donors (Lipinski definition) is 4. The second kappa shape index (κ2) is 9.07. The minimum atomic E-state index is -0.683. The minimum absolute atomic E-state index is 0.241. The van der Waals surface area contributed by atoms with Gasteiger partial charge in [-0.3, -0.25) is 14.7 Å². The molecule has 0 unspecified atom stereocenters. The van der Waals surface area contributed by atoms with Crippen molar-refractivity contribution in [1.29, 1.82) is 0 Å². The number of rotatable bonds is 6. The first-order valence-corrected chi connectivity index (χ1v) is 12.2. The van der Waals surface area contributed by atoms with Crippen molar-refractivity contribution >= 4 is 39.7 Å². The molecule has 11 heteroatoms. The van der Waals surface area contributed by atoms with Gasteiger partial charge in [0.2, 0.25) is 5.91 Å². The number of benzene rings is 1. The summed E-state index contributed by atoms with van der Waals surface area (Å²) in [6.07, 6.45) is 3.93. The van der Waals surface area contributed by atoms with E-state index in [1.54, 1.807) is 12.4 Å². The molecule has 3 aromatic rings. The lowest BCUT2D eigenvalue weighted by Crippen LogP contribution is -2.59. The standard InChI is InChI=1S/C23H28N8O2S/c1-25-23(21(24)33)7-10-30(11-8-23)19-5-3-2-4-17(19)27-20(32)18-14-34-22(28-18)31-9-6-16-15(13-31)12-26-29-16/h2-5,12,14,25H,6-11,13H2,1H3,(H2,24,33)(H,26,29)(H,27,32). The average molecular weight is 481 g/mol. The van der Waals surface area contributed by atoms with E-state index in [1.165, 1.54) is 22.6 Å². The maximum atomic E-state index is 13.1. The number of hydrogen-bond acceptors (Lipinski definition) is 8. The van der Waals surface area contributed by atoms with E-state index in [2.05, 4.69) is 35.6 Å². The fourth-order valence-electron chi connectivity index (χ4n) is 4.69. The van der Waals surface area contributed by atoms with Crippen molar-refractivity contribution in [3.63, 3.8) is 0 Å². The van der Waals surface area contributed by atoms with E-state index in [9.17, 15) is 9.59 Å². The van der Waals surface area contributed by atoms with Crippen LogP contribution in [0.4, 0.5) is 16.5 Å². The minimum Gasteiger partial charge on any atom is -0.370 e. The van der Waals surface area contributed by atoms with E-state index in [4.69, 9.17) is 5.73 Å². The Hall–Kier alpha value is -3.44. The van der Waals surface area contributed by atoms with Crippen LogP contribution in [-0.4, -0.2) is 59.2 Å². The van der Waals surface area contributed by atoms with Crippen LogP contribution in [0.5, 0.6) is 0 Å². The number of amides is 2. The zero-order chi connectivity index (χ0) is 23.7. The van der Waals surface area contributed by atoms with Gasteiger partial charge >= 0.3 is 0 Å². The second-order valence-corrected chi connectivity index (χ2v) is 9.55. The Morgan fingerprint density at radius 1 is 1.18 bits per heavy atom. The molecule has 2 aliphatic rings. The third-order valence-corrected chi connectivity index (χ3v) is 7.76. The number of carbonyl (C=O) groups excluding carboxylic acids is 2. The van der Waals surface area contributed by atoms with Gasteiger partial charge < -0.3 is 26.2 Å². The molecule has 2 amide bonds. The third-order valence-electron chi connectivity index (χ3n) is 6.86. The number of thiazole rings is 1. The molecule has 5 rings (SSSR count). The summed E-state index contributed by atoms with van der Waals surface area (Å²) >= 11 is 1.47. The Labute approximate surface area is 201 Å². The van der Waals surface area contributed by atoms with E-state index >= 15 is 0 Å². The number of nitrogens with one attached hydrogen (secondary N) is 3. The number of fused-ring (bicyclic) bond motifs is 1. The normalized spacial score (nSPS) is 17.3. The predicted molar refractivity (Wildman–Crippen MR) is 132 cm³/mol. The number of carbonyl (C=O) groups is 2. The molecular weight excluding hydrogens is 452 g/mol. The van der Waals surface area contributed by atoms with Crippen LogP contribution in [0.25, 0.3) is 0 Å². The Morgan fingerprint density at radius 3 is 2.74 bits per heavy atom. The number of aromatic amines is 1. The molecule has 10 nitrogen and oxygen atoms in total. The number of primary amides is 1. The number of aromatic nitrogens is 3. The molecule has 0 saturated carbocycles. The Morgan fingerprint density at radius 2 is 1.97 bits per heavy atom. The number of nitrogens with two attached hydrogens (primary N) is 1. The number of likely N-dealkylation sites (N-methyl/N-ethyl adjacent to an activating group) is 1. The SMILES string of the molecule is CNC1(C(N)=O)CCN(c2ccccc2NC(=O)c2csc(N3CCc4[nH]ncc4C3)n2)CC1. The molecule has 4 heterocycles. The summed E-state index contributed by atoms with van der Waals surface area (Å²) in [5.74, 6) is -0.567. The summed E-state index contributed by atoms with van der Waals surface area (Å²) in [7, 11) is 1.77. The molecule has 2 aromatic heterocycles. The fraction of sp³-hybridized carbons (Fsp3) is 0.391. The van der Waals surface area contributed by atoms with Crippen molar-refractivity contribution in [2.75, 3.05) is 41.8 Å². The van der Waals surface area contributed by atoms with Crippen molar-refractivity contribution in [3.05, 3.63) is 52.8 Å². The molecule has 0 spiro atoms. The molecule has 34 heavy (non-hydrogen) atoms. The molecule has 0 atom stereocenters. The molecule has 5 N–H and O–H groups in total. The van der Waals surface area contributed by atoms with Crippen LogP contribution in [0.1, 0.15) is 34.6 Å². The van der Waals surface area contributed by atoms with Gasteiger partial charge in [0, 0.05) is 49.2 Å². The van der Waals surface area contributed by atoms with Crippen LogP contribution in [0, 0.1) is 0 Å². The lowest BCUT2D eigenvalue weighted by atomic mass is 9.86. The summed E-state index contributed by atoms with van der Waals surface area (Å²) in [4.78, 5) is 34.0. The summed E-state index contributed by atoms with van der Waals surface area (Å²) in [6.45, 7) is 2.88. The highest BCUT2D eigenvalue weighted by Crippen LogP contribution is 2.32. The van der Waals surface area contributed by atoms with Gasteiger partial charge in [-0.2, -0.15) is 5.10 Å². The molecule has 1 aromatic carbocycles. The molecule has 0 radical (unpaired) electrons. The first kappa shape index (κ1) is 22.4. The maximum Gasteiger partial charge on any atom is 0.275 e. The molecule has 1 fully saturated rings. The molecule has 0 aliphatic carbocycles. The van der Waals surface area contributed by atoms with Gasteiger partial charge in [0.15, 0.2) is 5.13 Å². The van der Waals surface area contributed by atoms with E-state index in [1.807, 2.05) is 30.5 Å². The Kier molecular flexibility index (Phi) is 5.96. The molecular formula is C23H28N8O2S. The van der Waals surface area contributed by atoms with Crippen molar-refractivity contribution in [2.24, 2.45) is 5.73 Å². The van der Waals surface area contributed by atoms with Gasteiger partial charge in [0.05, 0.1) is 17.6 Å². The number of anilines is 3. The molecule has 2 aliphatic heterocycles. The number of para-hydroxylation sites is 2. The fourth-order valence-corrected chi connectivity index (χ4v) is 5.52. The highest BCUT2D eigenvalue weighted by molar-refractivity contribution is 7.13. The Bertz CT molecular complexity index is 1200. The van der Waals surface area contributed by atoms with Crippen LogP contribution in [0.3, 0.4) is 0 Å². The molecule has 1 saturated heterocycles. The zero-order valence-electron chi connectivity index (χ0n) is 19.0. The van der Waals surface area contributed by atoms with Gasteiger partial charge in [-0.05, 0) is 32.0 Å². The summed E-state index contributed by atoms with van der Waals surface area (Å²) < 4.78 is 0. The van der Waals surface area contributed by atoms with Crippen LogP contribution in [0.15, 0.2) is 35.8 Å². The third kappa shape index (κ3) is 4.12. The first-order chi connectivity index (χ1) is 16.5. The molecule has 178 valence electrons. The lowest BCUT2D eigenvalue weighted by Gasteiger charge is -2.41.